The molecule has 1 atom stereocenters. The maximum Gasteiger partial charge on any atom is 0.0639 e. The molecule has 1 aliphatic rings. The molecule has 2 rings (SSSR count). The maximum absolute atomic E-state index is 6.20. The Morgan fingerprint density at radius 2 is 2.12 bits per heavy atom. The van der Waals surface area contributed by atoms with Crippen LogP contribution < -0.4 is 10.2 Å². The summed E-state index contributed by atoms with van der Waals surface area (Å²) < 4.78 is 0. The van der Waals surface area contributed by atoms with Crippen molar-refractivity contribution < 1.29 is 0 Å². The lowest BCUT2D eigenvalue weighted by Crippen LogP contribution is -2.37. The number of anilines is 1. The zero-order valence-electron chi connectivity index (χ0n) is 9.91. The van der Waals surface area contributed by atoms with Gasteiger partial charge in [0.1, 0.15) is 0 Å². The van der Waals surface area contributed by atoms with Crippen LogP contribution in [0.5, 0.6) is 0 Å². The third-order valence-corrected chi connectivity index (χ3v) is 3.27. The summed E-state index contributed by atoms with van der Waals surface area (Å²) in [5.41, 5.74) is 1.16. The standard InChI is InChI=1S/C13H19ClN2/c1-10(2)15-11-7-8-16(9-11)13-6-4-3-5-12(13)14/h3-6,10-11,15H,7-9H2,1-2H3. The van der Waals surface area contributed by atoms with E-state index in [4.69, 9.17) is 11.6 Å². The van der Waals surface area contributed by atoms with Gasteiger partial charge >= 0.3 is 0 Å². The Morgan fingerprint density at radius 3 is 2.81 bits per heavy atom. The van der Waals surface area contributed by atoms with Crippen LogP contribution in [0.2, 0.25) is 5.02 Å². The van der Waals surface area contributed by atoms with Crippen LogP contribution in [0.25, 0.3) is 0 Å². The molecule has 2 nitrogen and oxygen atoms in total. The quantitative estimate of drug-likeness (QED) is 0.871. The normalized spacial score (nSPS) is 20.8. The Hall–Kier alpha value is -0.730. The van der Waals surface area contributed by atoms with Gasteiger partial charge in [0.15, 0.2) is 0 Å². The molecule has 1 aliphatic heterocycles. The first kappa shape index (κ1) is 11.7. The molecule has 1 saturated heterocycles. The number of halogens is 1. The smallest absolute Gasteiger partial charge is 0.0639 e. The van der Waals surface area contributed by atoms with E-state index in [1.165, 1.54) is 6.42 Å². The minimum absolute atomic E-state index is 0.552. The first-order valence-corrected chi connectivity index (χ1v) is 6.30. The van der Waals surface area contributed by atoms with Gasteiger partial charge in [0, 0.05) is 25.2 Å². The van der Waals surface area contributed by atoms with Crippen molar-refractivity contribution in [2.75, 3.05) is 18.0 Å². The van der Waals surface area contributed by atoms with E-state index in [-0.39, 0.29) is 0 Å². The van der Waals surface area contributed by atoms with E-state index in [1.807, 2.05) is 18.2 Å². The fourth-order valence-electron chi connectivity index (χ4n) is 2.29. The minimum Gasteiger partial charge on any atom is -0.369 e. The van der Waals surface area contributed by atoms with Gasteiger partial charge in [0.25, 0.3) is 0 Å². The van der Waals surface area contributed by atoms with Crippen molar-refractivity contribution in [3.05, 3.63) is 29.3 Å². The molecule has 0 amide bonds. The lowest BCUT2D eigenvalue weighted by Gasteiger charge is -2.21. The predicted octanol–water partition coefficient (Wildman–Crippen LogP) is 2.92. The molecule has 88 valence electrons. The Balaban J connectivity index is 2.01. The maximum atomic E-state index is 6.20. The van der Waals surface area contributed by atoms with Crippen LogP contribution in [0.15, 0.2) is 24.3 Å². The molecular weight excluding hydrogens is 220 g/mol. The summed E-state index contributed by atoms with van der Waals surface area (Å²) in [4.78, 5) is 2.36. The average Bonchev–Trinajstić information content (AvgIpc) is 2.66. The molecule has 1 fully saturated rings. The number of hydrogen-bond donors (Lipinski definition) is 1. The fourth-order valence-corrected chi connectivity index (χ4v) is 2.55. The van der Waals surface area contributed by atoms with Gasteiger partial charge in [0.05, 0.1) is 10.7 Å². The largest absolute Gasteiger partial charge is 0.369 e. The van der Waals surface area contributed by atoms with Crippen molar-refractivity contribution in [3.63, 3.8) is 0 Å². The molecule has 0 spiro atoms. The number of hydrogen-bond acceptors (Lipinski definition) is 2. The zero-order valence-corrected chi connectivity index (χ0v) is 10.7. The summed E-state index contributed by atoms with van der Waals surface area (Å²) in [5, 5.41) is 4.43. The lowest BCUT2D eigenvalue weighted by atomic mass is 10.2. The molecular formula is C13H19ClN2. The SMILES string of the molecule is CC(C)NC1CCN(c2ccccc2Cl)C1. The van der Waals surface area contributed by atoms with Crippen molar-refractivity contribution in [2.45, 2.75) is 32.4 Å². The van der Waals surface area contributed by atoms with E-state index in [1.54, 1.807) is 0 Å². The highest BCUT2D eigenvalue weighted by molar-refractivity contribution is 6.33. The van der Waals surface area contributed by atoms with E-state index in [9.17, 15) is 0 Å². The van der Waals surface area contributed by atoms with Crippen molar-refractivity contribution in [1.82, 2.24) is 5.32 Å². The van der Waals surface area contributed by atoms with Crippen LogP contribution in [-0.2, 0) is 0 Å². The van der Waals surface area contributed by atoms with Crippen LogP contribution in [0, 0.1) is 0 Å². The van der Waals surface area contributed by atoms with Crippen LogP contribution in [0.3, 0.4) is 0 Å². The molecule has 0 aliphatic carbocycles. The first-order chi connectivity index (χ1) is 7.66. The number of nitrogens with zero attached hydrogens (tertiary/aromatic N) is 1. The topological polar surface area (TPSA) is 15.3 Å². The van der Waals surface area contributed by atoms with Gasteiger partial charge in [-0.15, -0.1) is 0 Å². The third kappa shape index (κ3) is 2.69. The van der Waals surface area contributed by atoms with Crippen molar-refractivity contribution >= 4 is 17.3 Å². The summed E-state index contributed by atoms with van der Waals surface area (Å²) in [5.74, 6) is 0. The van der Waals surface area contributed by atoms with E-state index in [2.05, 4.69) is 30.1 Å². The Kier molecular flexibility index (Phi) is 3.72. The summed E-state index contributed by atoms with van der Waals surface area (Å²) in [6.45, 7) is 6.53. The molecule has 3 heteroatoms. The van der Waals surface area contributed by atoms with Gasteiger partial charge in [0.2, 0.25) is 0 Å². The summed E-state index contributed by atoms with van der Waals surface area (Å²) in [7, 11) is 0. The molecule has 16 heavy (non-hydrogen) atoms. The van der Waals surface area contributed by atoms with Crippen LogP contribution in [0.4, 0.5) is 5.69 Å². The number of nitrogens with one attached hydrogen (secondary N) is 1. The number of para-hydroxylation sites is 1. The zero-order chi connectivity index (χ0) is 11.5. The molecule has 0 bridgehead atoms. The van der Waals surface area contributed by atoms with E-state index < -0.39 is 0 Å². The van der Waals surface area contributed by atoms with E-state index >= 15 is 0 Å². The second-order valence-electron chi connectivity index (χ2n) is 4.70. The summed E-state index contributed by atoms with van der Waals surface area (Å²) in [6.07, 6.45) is 1.20. The van der Waals surface area contributed by atoms with Crippen LogP contribution in [-0.4, -0.2) is 25.2 Å². The fraction of sp³-hybridized carbons (Fsp3) is 0.538. The molecule has 1 N–H and O–H groups in total. The second kappa shape index (κ2) is 5.07. The summed E-state index contributed by atoms with van der Waals surface area (Å²) >= 11 is 6.20. The van der Waals surface area contributed by atoms with Crippen molar-refractivity contribution in [2.24, 2.45) is 0 Å². The van der Waals surface area contributed by atoms with E-state index in [0.717, 1.165) is 23.8 Å². The van der Waals surface area contributed by atoms with Gasteiger partial charge in [-0.25, -0.2) is 0 Å². The van der Waals surface area contributed by atoms with Crippen molar-refractivity contribution in [1.29, 1.82) is 0 Å². The molecule has 0 saturated carbocycles. The molecule has 1 aromatic carbocycles. The molecule has 1 aromatic rings. The number of benzene rings is 1. The lowest BCUT2D eigenvalue weighted by molar-refractivity contribution is 0.492. The molecule has 1 unspecified atom stereocenters. The van der Waals surface area contributed by atoms with Gasteiger partial charge in [-0.05, 0) is 18.6 Å². The van der Waals surface area contributed by atoms with Crippen molar-refractivity contribution in [3.8, 4) is 0 Å². The molecule has 1 heterocycles. The third-order valence-electron chi connectivity index (χ3n) is 2.95. The van der Waals surface area contributed by atoms with Gasteiger partial charge in [-0.1, -0.05) is 37.6 Å². The van der Waals surface area contributed by atoms with Gasteiger partial charge in [-0.2, -0.15) is 0 Å². The Morgan fingerprint density at radius 1 is 1.38 bits per heavy atom. The predicted molar refractivity (Wildman–Crippen MR) is 70.3 cm³/mol. The van der Waals surface area contributed by atoms with E-state index in [0.29, 0.717) is 12.1 Å². The molecule has 0 radical (unpaired) electrons. The first-order valence-electron chi connectivity index (χ1n) is 5.92. The van der Waals surface area contributed by atoms with Gasteiger partial charge < -0.3 is 10.2 Å². The Labute approximate surface area is 103 Å². The second-order valence-corrected chi connectivity index (χ2v) is 5.11. The van der Waals surface area contributed by atoms with Crippen LogP contribution in [0.1, 0.15) is 20.3 Å². The number of rotatable bonds is 3. The van der Waals surface area contributed by atoms with Crippen LogP contribution >= 0.6 is 11.6 Å². The average molecular weight is 239 g/mol. The highest BCUT2D eigenvalue weighted by atomic mass is 35.5. The summed E-state index contributed by atoms with van der Waals surface area (Å²) in [6, 6.07) is 9.23. The minimum atomic E-state index is 0.552. The van der Waals surface area contributed by atoms with Gasteiger partial charge in [-0.3, -0.25) is 0 Å². The monoisotopic (exact) mass is 238 g/mol. The highest BCUT2D eigenvalue weighted by Gasteiger charge is 2.23. The Bertz CT molecular complexity index is 352. The highest BCUT2D eigenvalue weighted by Crippen LogP contribution is 2.28. The molecule has 0 aromatic heterocycles.